The fourth-order valence-electron chi connectivity index (χ4n) is 1.71. The van der Waals surface area contributed by atoms with Gasteiger partial charge in [-0.3, -0.25) is 14.6 Å². The summed E-state index contributed by atoms with van der Waals surface area (Å²) in [6.07, 6.45) is 3.86. The Balaban J connectivity index is 1.83. The minimum Gasteiger partial charge on any atom is -0.482 e. The van der Waals surface area contributed by atoms with E-state index in [0.717, 1.165) is 0 Å². The standard InChI is InChI=1S/C12H13ClN2O3/c13-9-5-11(7-14-6-9)18-8-12(17)15-3-1-10(16)2-4-15/h5-7H,1-4,8H2. The Kier molecular flexibility index (Phi) is 4.15. The first-order valence-electron chi connectivity index (χ1n) is 5.68. The molecule has 0 spiro atoms. The zero-order valence-corrected chi connectivity index (χ0v) is 10.5. The molecule has 0 saturated carbocycles. The maximum atomic E-state index is 11.8. The summed E-state index contributed by atoms with van der Waals surface area (Å²) in [7, 11) is 0. The molecule has 2 rings (SSSR count). The number of carbonyl (C=O) groups excluding carboxylic acids is 2. The molecule has 1 aliphatic rings. The number of carbonyl (C=O) groups is 2. The Morgan fingerprint density at radius 1 is 1.39 bits per heavy atom. The van der Waals surface area contributed by atoms with E-state index in [1.165, 1.54) is 12.4 Å². The molecule has 6 heteroatoms. The number of halogens is 1. The number of hydrogen-bond donors (Lipinski definition) is 0. The Hall–Kier alpha value is -1.62. The first kappa shape index (κ1) is 12.8. The first-order chi connectivity index (χ1) is 8.65. The van der Waals surface area contributed by atoms with Crippen LogP contribution in [0.4, 0.5) is 0 Å². The van der Waals surface area contributed by atoms with E-state index in [4.69, 9.17) is 16.3 Å². The number of rotatable bonds is 3. The lowest BCUT2D eigenvalue weighted by atomic mass is 10.1. The van der Waals surface area contributed by atoms with Crippen LogP contribution in [-0.2, 0) is 9.59 Å². The number of ether oxygens (including phenoxy) is 1. The van der Waals surface area contributed by atoms with Crippen molar-refractivity contribution in [2.45, 2.75) is 12.8 Å². The summed E-state index contributed by atoms with van der Waals surface area (Å²) < 4.78 is 5.31. The molecule has 0 aromatic carbocycles. The van der Waals surface area contributed by atoms with E-state index >= 15 is 0 Å². The van der Waals surface area contributed by atoms with Gasteiger partial charge in [-0.15, -0.1) is 0 Å². The van der Waals surface area contributed by atoms with Gasteiger partial charge in [0.2, 0.25) is 0 Å². The predicted octanol–water partition coefficient (Wildman–Crippen LogP) is 1.31. The summed E-state index contributed by atoms with van der Waals surface area (Å²) in [6.45, 7) is 0.903. The molecular formula is C12H13ClN2O3. The molecule has 1 amide bonds. The number of Topliss-reactive ketones (excluding diaryl/α,β-unsaturated/α-hetero) is 1. The van der Waals surface area contributed by atoms with Crippen LogP contribution in [0.5, 0.6) is 5.75 Å². The highest BCUT2D eigenvalue weighted by atomic mass is 35.5. The van der Waals surface area contributed by atoms with Gasteiger partial charge >= 0.3 is 0 Å². The maximum Gasteiger partial charge on any atom is 0.260 e. The summed E-state index contributed by atoms with van der Waals surface area (Å²) in [4.78, 5) is 28.4. The molecule has 0 aliphatic carbocycles. The van der Waals surface area contributed by atoms with Crippen molar-refractivity contribution in [3.8, 4) is 5.75 Å². The molecular weight excluding hydrogens is 256 g/mol. The zero-order valence-electron chi connectivity index (χ0n) is 9.76. The van der Waals surface area contributed by atoms with Crippen molar-refractivity contribution in [2.24, 2.45) is 0 Å². The molecule has 1 fully saturated rings. The number of hydrogen-bond acceptors (Lipinski definition) is 4. The van der Waals surface area contributed by atoms with E-state index in [1.807, 2.05) is 0 Å². The molecule has 1 saturated heterocycles. The van der Waals surface area contributed by atoms with E-state index in [0.29, 0.717) is 36.7 Å². The van der Waals surface area contributed by atoms with Crippen molar-refractivity contribution in [1.82, 2.24) is 9.88 Å². The van der Waals surface area contributed by atoms with Crippen LogP contribution in [0.25, 0.3) is 0 Å². The average Bonchev–Trinajstić information content (AvgIpc) is 2.37. The largest absolute Gasteiger partial charge is 0.482 e. The van der Waals surface area contributed by atoms with E-state index < -0.39 is 0 Å². The van der Waals surface area contributed by atoms with Gasteiger partial charge in [-0.1, -0.05) is 11.6 Å². The fourth-order valence-corrected chi connectivity index (χ4v) is 1.88. The molecule has 1 aromatic heterocycles. The van der Waals surface area contributed by atoms with Gasteiger partial charge in [-0.2, -0.15) is 0 Å². The quantitative estimate of drug-likeness (QED) is 0.829. The molecule has 96 valence electrons. The Morgan fingerprint density at radius 2 is 2.11 bits per heavy atom. The van der Waals surface area contributed by atoms with E-state index in [1.54, 1.807) is 11.0 Å². The summed E-state index contributed by atoms with van der Waals surface area (Å²) >= 11 is 5.75. The monoisotopic (exact) mass is 268 g/mol. The van der Waals surface area contributed by atoms with Crippen LogP contribution in [0.3, 0.4) is 0 Å². The molecule has 2 heterocycles. The first-order valence-corrected chi connectivity index (χ1v) is 6.06. The van der Waals surface area contributed by atoms with Crippen LogP contribution < -0.4 is 4.74 Å². The van der Waals surface area contributed by atoms with Crippen molar-refractivity contribution in [3.05, 3.63) is 23.5 Å². The van der Waals surface area contributed by atoms with E-state index in [2.05, 4.69) is 4.98 Å². The lowest BCUT2D eigenvalue weighted by Gasteiger charge is -2.25. The average molecular weight is 269 g/mol. The molecule has 0 unspecified atom stereocenters. The van der Waals surface area contributed by atoms with E-state index in [9.17, 15) is 9.59 Å². The Morgan fingerprint density at radius 3 is 2.78 bits per heavy atom. The van der Waals surface area contributed by atoms with Gasteiger partial charge in [-0.25, -0.2) is 0 Å². The van der Waals surface area contributed by atoms with Gasteiger partial charge in [0.1, 0.15) is 11.5 Å². The number of aromatic nitrogens is 1. The number of likely N-dealkylation sites (tertiary alicyclic amines) is 1. The van der Waals surface area contributed by atoms with Gasteiger partial charge < -0.3 is 9.64 Å². The minimum atomic E-state index is -0.123. The highest BCUT2D eigenvalue weighted by molar-refractivity contribution is 6.30. The number of nitrogens with zero attached hydrogens (tertiary/aromatic N) is 2. The smallest absolute Gasteiger partial charge is 0.260 e. The predicted molar refractivity (Wildman–Crippen MR) is 65.6 cm³/mol. The van der Waals surface area contributed by atoms with Gasteiger partial charge in [0.25, 0.3) is 5.91 Å². The molecule has 1 aliphatic heterocycles. The van der Waals surface area contributed by atoms with Crippen LogP contribution in [-0.4, -0.2) is 41.3 Å². The second-order valence-electron chi connectivity index (χ2n) is 4.05. The van der Waals surface area contributed by atoms with E-state index in [-0.39, 0.29) is 18.3 Å². The highest BCUT2D eigenvalue weighted by Gasteiger charge is 2.20. The Bertz CT molecular complexity index is 454. The van der Waals surface area contributed by atoms with Gasteiger partial charge in [0, 0.05) is 38.2 Å². The molecule has 0 bridgehead atoms. The number of ketones is 1. The molecule has 0 N–H and O–H groups in total. The van der Waals surface area contributed by atoms with Crippen LogP contribution >= 0.6 is 11.6 Å². The van der Waals surface area contributed by atoms with Crippen molar-refractivity contribution < 1.29 is 14.3 Å². The van der Waals surface area contributed by atoms with Crippen LogP contribution in [0.15, 0.2) is 18.5 Å². The highest BCUT2D eigenvalue weighted by Crippen LogP contribution is 2.15. The topological polar surface area (TPSA) is 59.5 Å². The fraction of sp³-hybridized carbons (Fsp3) is 0.417. The normalized spacial score (nSPS) is 15.6. The summed E-state index contributed by atoms with van der Waals surface area (Å²) in [5, 5.41) is 0.462. The van der Waals surface area contributed by atoms with Gasteiger partial charge in [0.15, 0.2) is 6.61 Å². The van der Waals surface area contributed by atoms with Crippen molar-refractivity contribution in [3.63, 3.8) is 0 Å². The zero-order chi connectivity index (χ0) is 13.0. The van der Waals surface area contributed by atoms with Crippen molar-refractivity contribution in [2.75, 3.05) is 19.7 Å². The lowest BCUT2D eigenvalue weighted by molar-refractivity contribution is -0.136. The number of amides is 1. The third-order valence-corrected chi connectivity index (χ3v) is 2.92. The SMILES string of the molecule is O=C1CCN(C(=O)COc2cncc(Cl)c2)CC1. The van der Waals surface area contributed by atoms with Crippen LogP contribution in [0, 0.1) is 0 Å². The Labute approximate surface area is 110 Å². The number of pyridine rings is 1. The molecule has 0 radical (unpaired) electrons. The summed E-state index contributed by atoms with van der Waals surface area (Å²) in [5.41, 5.74) is 0. The summed E-state index contributed by atoms with van der Waals surface area (Å²) in [5.74, 6) is 0.547. The van der Waals surface area contributed by atoms with Gasteiger partial charge in [0.05, 0.1) is 11.2 Å². The maximum absolute atomic E-state index is 11.8. The third kappa shape index (κ3) is 3.43. The van der Waals surface area contributed by atoms with Gasteiger partial charge in [-0.05, 0) is 0 Å². The second-order valence-corrected chi connectivity index (χ2v) is 4.48. The summed E-state index contributed by atoms with van der Waals surface area (Å²) in [6, 6.07) is 1.60. The van der Waals surface area contributed by atoms with Crippen LogP contribution in [0.1, 0.15) is 12.8 Å². The minimum absolute atomic E-state index is 0.0593. The number of piperidine rings is 1. The lowest BCUT2D eigenvalue weighted by Crippen LogP contribution is -2.41. The molecule has 0 atom stereocenters. The van der Waals surface area contributed by atoms with Crippen molar-refractivity contribution in [1.29, 1.82) is 0 Å². The molecule has 5 nitrogen and oxygen atoms in total. The third-order valence-electron chi connectivity index (χ3n) is 2.72. The molecule has 18 heavy (non-hydrogen) atoms. The van der Waals surface area contributed by atoms with Crippen LogP contribution in [0.2, 0.25) is 5.02 Å². The second kappa shape index (κ2) is 5.82. The molecule has 1 aromatic rings. The van der Waals surface area contributed by atoms with Crippen molar-refractivity contribution >= 4 is 23.3 Å².